The Kier molecular flexibility index (Phi) is 3.88. The minimum absolute atomic E-state index is 0.0428. The molecule has 2 rings (SSSR count). The molecular weight excluding hydrogens is 200 g/mol. The molecule has 0 unspecified atom stereocenters. The topological polar surface area (TPSA) is 37.3 Å². The van der Waals surface area contributed by atoms with Gasteiger partial charge in [0.1, 0.15) is 0 Å². The average molecular weight is 224 g/mol. The Hall–Kier alpha value is -0.530. The van der Waals surface area contributed by atoms with Crippen LogP contribution in [-0.4, -0.2) is 11.1 Å². The van der Waals surface area contributed by atoms with Gasteiger partial charge in [-0.15, -0.1) is 0 Å². The first-order chi connectivity index (χ1) is 7.66. The van der Waals surface area contributed by atoms with E-state index in [9.17, 15) is 4.79 Å². The van der Waals surface area contributed by atoms with Gasteiger partial charge in [0.15, 0.2) is 0 Å². The number of hydrogen-bond donors (Lipinski definition) is 1. The molecule has 2 nitrogen and oxygen atoms in total. The highest BCUT2D eigenvalue weighted by atomic mass is 16.4. The maximum absolute atomic E-state index is 10.9. The first-order valence-electron chi connectivity index (χ1n) is 6.89. The van der Waals surface area contributed by atoms with Crippen molar-refractivity contribution in [3.05, 3.63) is 0 Å². The van der Waals surface area contributed by atoms with E-state index < -0.39 is 5.97 Å². The Labute approximate surface area is 98.4 Å². The number of rotatable bonds is 2. The second-order valence-corrected chi connectivity index (χ2v) is 5.97. The molecule has 1 N–H and O–H groups in total. The number of aliphatic carboxylic acids is 1. The van der Waals surface area contributed by atoms with E-state index in [0.29, 0.717) is 0 Å². The standard InChI is InChI=1S/C14H24O2/c1-10-2-4-11(5-3-10)12-6-8-13(9-7-12)14(15)16/h10-13H,2-9H2,1H3,(H,15,16). The third-order valence-corrected chi connectivity index (χ3v) is 4.85. The normalized spacial score (nSPS) is 40.6. The van der Waals surface area contributed by atoms with Crippen molar-refractivity contribution in [2.75, 3.05) is 0 Å². The van der Waals surface area contributed by atoms with Gasteiger partial charge in [0, 0.05) is 0 Å². The van der Waals surface area contributed by atoms with Crippen LogP contribution in [0.3, 0.4) is 0 Å². The van der Waals surface area contributed by atoms with Crippen molar-refractivity contribution in [3.63, 3.8) is 0 Å². The molecule has 0 bridgehead atoms. The lowest BCUT2D eigenvalue weighted by Gasteiger charge is -2.36. The quantitative estimate of drug-likeness (QED) is 0.776. The summed E-state index contributed by atoms with van der Waals surface area (Å²) in [6.45, 7) is 2.36. The Bertz CT molecular complexity index is 233. The van der Waals surface area contributed by atoms with Crippen LogP contribution >= 0.6 is 0 Å². The Balaban J connectivity index is 1.78. The SMILES string of the molecule is CC1CCC(C2CCC(C(=O)O)CC2)CC1. The summed E-state index contributed by atoms with van der Waals surface area (Å²) in [5.74, 6) is 2.05. The summed E-state index contributed by atoms with van der Waals surface area (Å²) in [5, 5.41) is 8.97. The summed E-state index contributed by atoms with van der Waals surface area (Å²) < 4.78 is 0. The second kappa shape index (κ2) is 5.20. The molecule has 0 aromatic carbocycles. The van der Waals surface area contributed by atoms with Gasteiger partial charge in [-0.25, -0.2) is 0 Å². The van der Waals surface area contributed by atoms with Gasteiger partial charge in [-0.3, -0.25) is 4.79 Å². The lowest BCUT2D eigenvalue weighted by Crippen LogP contribution is -2.27. The molecule has 0 radical (unpaired) electrons. The van der Waals surface area contributed by atoms with Crippen LogP contribution in [0.25, 0.3) is 0 Å². The zero-order valence-corrected chi connectivity index (χ0v) is 10.3. The van der Waals surface area contributed by atoms with E-state index in [1.165, 1.54) is 25.7 Å². The van der Waals surface area contributed by atoms with Crippen LogP contribution in [0.4, 0.5) is 0 Å². The lowest BCUT2D eigenvalue weighted by molar-refractivity contribution is -0.143. The number of carbonyl (C=O) groups is 1. The van der Waals surface area contributed by atoms with Gasteiger partial charge in [0.05, 0.1) is 5.92 Å². The Morgan fingerprint density at radius 3 is 1.75 bits per heavy atom. The number of carboxylic acid groups (broad SMARTS) is 1. The highest BCUT2D eigenvalue weighted by Crippen LogP contribution is 2.41. The van der Waals surface area contributed by atoms with Crippen molar-refractivity contribution in [1.29, 1.82) is 0 Å². The molecule has 16 heavy (non-hydrogen) atoms. The average Bonchev–Trinajstić information content (AvgIpc) is 2.30. The van der Waals surface area contributed by atoms with Crippen LogP contribution in [0.2, 0.25) is 0 Å². The zero-order chi connectivity index (χ0) is 11.5. The molecule has 0 aromatic rings. The summed E-state index contributed by atoms with van der Waals surface area (Å²) in [4.78, 5) is 10.9. The van der Waals surface area contributed by atoms with Crippen molar-refractivity contribution >= 4 is 5.97 Å². The molecule has 0 saturated heterocycles. The van der Waals surface area contributed by atoms with Crippen LogP contribution in [0.1, 0.15) is 58.3 Å². The zero-order valence-electron chi connectivity index (χ0n) is 10.3. The van der Waals surface area contributed by atoms with Gasteiger partial charge in [-0.1, -0.05) is 19.8 Å². The molecule has 92 valence electrons. The molecular formula is C14H24O2. The Morgan fingerprint density at radius 2 is 1.31 bits per heavy atom. The first-order valence-corrected chi connectivity index (χ1v) is 6.89. The second-order valence-electron chi connectivity index (χ2n) is 5.97. The van der Waals surface area contributed by atoms with Crippen molar-refractivity contribution < 1.29 is 9.90 Å². The molecule has 2 aliphatic carbocycles. The van der Waals surface area contributed by atoms with Gasteiger partial charge in [-0.2, -0.15) is 0 Å². The summed E-state index contributed by atoms with van der Waals surface area (Å²) in [6.07, 6.45) is 9.74. The van der Waals surface area contributed by atoms with Crippen LogP contribution < -0.4 is 0 Å². The maximum Gasteiger partial charge on any atom is 0.306 e. The van der Waals surface area contributed by atoms with Gasteiger partial charge < -0.3 is 5.11 Å². The van der Waals surface area contributed by atoms with E-state index in [-0.39, 0.29) is 5.92 Å². The third kappa shape index (κ3) is 2.78. The van der Waals surface area contributed by atoms with Crippen molar-refractivity contribution in [2.24, 2.45) is 23.7 Å². The highest BCUT2D eigenvalue weighted by Gasteiger charge is 2.31. The molecule has 2 aliphatic rings. The van der Waals surface area contributed by atoms with Crippen molar-refractivity contribution in [2.45, 2.75) is 58.3 Å². The highest BCUT2D eigenvalue weighted by molar-refractivity contribution is 5.69. The Morgan fingerprint density at radius 1 is 0.875 bits per heavy atom. The van der Waals surface area contributed by atoms with E-state index in [1.54, 1.807) is 0 Å². The van der Waals surface area contributed by atoms with E-state index in [1.807, 2.05) is 0 Å². The fraction of sp³-hybridized carbons (Fsp3) is 0.929. The molecule has 0 aliphatic heterocycles. The maximum atomic E-state index is 10.9. The summed E-state index contributed by atoms with van der Waals surface area (Å²) in [6, 6.07) is 0. The largest absolute Gasteiger partial charge is 0.481 e. The minimum Gasteiger partial charge on any atom is -0.481 e. The molecule has 0 aromatic heterocycles. The van der Waals surface area contributed by atoms with Crippen molar-refractivity contribution in [3.8, 4) is 0 Å². The third-order valence-electron chi connectivity index (χ3n) is 4.85. The van der Waals surface area contributed by atoms with Crippen LogP contribution in [0.15, 0.2) is 0 Å². The molecule has 0 spiro atoms. The van der Waals surface area contributed by atoms with E-state index >= 15 is 0 Å². The lowest BCUT2D eigenvalue weighted by atomic mass is 9.69. The number of carboxylic acids is 1. The number of hydrogen-bond acceptors (Lipinski definition) is 1. The molecule has 2 fully saturated rings. The van der Waals surface area contributed by atoms with Gasteiger partial charge >= 0.3 is 5.97 Å². The predicted octanol–water partition coefficient (Wildman–Crippen LogP) is 3.70. The van der Waals surface area contributed by atoms with Gasteiger partial charge in [-0.05, 0) is 56.3 Å². The smallest absolute Gasteiger partial charge is 0.306 e. The molecule has 2 saturated carbocycles. The fourth-order valence-electron chi connectivity index (χ4n) is 3.59. The van der Waals surface area contributed by atoms with Crippen LogP contribution in [-0.2, 0) is 4.79 Å². The first kappa shape index (κ1) is 11.9. The van der Waals surface area contributed by atoms with E-state index in [4.69, 9.17) is 5.11 Å². The van der Waals surface area contributed by atoms with Gasteiger partial charge in [0.25, 0.3) is 0 Å². The molecule has 2 heteroatoms. The van der Waals surface area contributed by atoms with Gasteiger partial charge in [0.2, 0.25) is 0 Å². The summed E-state index contributed by atoms with van der Waals surface area (Å²) in [7, 11) is 0. The fourth-order valence-corrected chi connectivity index (χ4v) is 3.59. The van der Waals surface area contributed by atoms with Crippen molar-refractivity contribution in [1.82, 2.24) is 0 Å². The van der Waals surface area contributed by atoms with E-state index in [2.05, 4.69) is 6.92 Å². The molecule has 0 atom stereocenters. The summed E-state index contributed by atoms with van der Waals surface area (Å²) >= 11 is 0. The monoisotopic (exact) mass is 224 g/mol. The molecule has 0 heterocycles. The predicted molar refractivity (Wildman–Crippen MR) is 64.2 cm³/mol. The van der Waals surface area contributed by atoms with E-state index in [0.717, 1.165) is 43.4 Å². The van der Waals surface area contributed by atoms with Crippen LogP contribution in [0.5, 0.6) is 0 Å². The van der Waals surface area contributed by atoms with Crippen LogP contribution in [0, 0.1) is 23.7 Å². The summed E-state index contributed by atoms with van der Waals surface area (Å²) in [5.41, 5.74) is 0. The molecule has 0 amide bonds. The minimum atomic E-state index is -0.573.